The van der Waals surface area contributed by atoms with Gasteiger partial charge in [0.2, 0.25) is 5.88 Å². The first-order valence-corrected chi connectivity index (χ1v) is 7.83. The SMILES string of the molecule is CC(C)Oc1ncc(Cl)cc1NC(=O)N1CCCOC(C)C1. The maximum absolute atomic E-state index is 12.4. The number of nitrogens with zero attached hydrogens (tertiary/aromatic N) is 2. The molecule has 7 heteroatoms. The fraction of sp³-hybridized carbons (Fsp3) is 0.600. The molecular weight excluding hydrogens is 306 g/mol. The van der Waals surface area contributed by atoms with E-state index in [0.29, 0.717) is 36.3 Å². The van der Waals surface area contributed by atoms with Crippen LogP contribution in [0.3, 0.4) is 0 Å². The molecule has 2 amide bonds. The van der Waals surface area contributed by atoms with Crippen LogP contribution in [0.15, 0.2) is 12.3 Å². The molecule has 1 aromatic rings. The number of carbonyl (C=O) groups excluding carboxylic acids is 1. The number of amides is 2. The summed E-state index contributed by atoms with van der Waals surface area (Å²) in [6, 6.07) is 1.44. The van der Waals surface area contributed by atoms with E-state index >= 15 is 0 Å². The van der Waals surface area contributed by atoms with E-state index in [1.165, 1.54) is 6.20 Å². The molecule has 0 spiro atoms. The molecule has 1 aliphatic heterocycles. The van der Waals surface area contributed by atoms with Crippen LogP contribution in [-0.2, 0) is 4.74 Å². The van der Waals surface area contributed by atoms with Crippen molar-refractivity contribution in [2.45, 2.75) is 39.4 Å². The standard InChI is InChI=1S/C15H22ClN3O3/c1-10(2)22-14-13(7-12(16)8-17-14)18-15(20)19-5-4-6-21-11(3)9-19/h7-8,10-11H,4-6,9H2,1-3H3,(H,18,20). The van der Waals surface area contributed by atoms with Gasteiger partial charge in [-0.05, 0) is 33.3 Å². The summed E-state index contributed by atoms with van der Waals surface area (Å²) in [6.45, 7) is 7.64. The predicted octanol–water partition coefficient (Wildman–Crippen LogP) is 3.16. The van der Waals surface area contributed by atoms with Gasteiger partial charge in [0.1, 0.15) is 5.69 Å². The summed E-state index contributed by atoms with van der Waals surface area (Å²) in [5.74, 6) is 0.367. The second-order valence-electron chi connectivity index (χ2n) is 5.58. The smallest absolute Gasteiger partial charge is 0.322 e. The Bertz CT molecular complexity index is 525. The Hall–Kier alpha value is -1.53. The van der Waals surface area contributed by atoms with Gasteiger partial charge in [-0.2, -0.15) is 0 Å². The van der Waals surface area contributed by atoms with Crippen LogP contribution in [0.2, 0.25) is 5.02 Å². The Morgan fingerprint density at radius 2 is 2.36 bits per heavy atom. The highest BCUT2D eigenvalue weighted by Crippen LogP contribution is 2.26. The van der Waals surface area contributed by atoms with E-state index in [0.717, 1.165) is 6.42 Å². The molecule has 1 saturated heterocycles. The molecule has 1 aliphatic rings. The number of carbonyl (C=O) groups is 1. The van der Waals surface area contributed by atoms with Gasteiger partial charge in [0.05, 0.1) is 17.2 Å². The highest BCUT2D eigenvalue weighted by Gasteiger charge is 2.21. The average Bonchev–Trinajstić information content (AvgIpc) is 2.66. The lowest BCUT2D eigenvalue weighted by atomic mass is 10.3. The van der Waals surface area contributed by atoms with Crippen LogP contribution in [0.1, 0.15) is 27.2 Å². The molecule has 1 fully saturated rings. The summed E-state index contributed by atoms with van der Waals surface area (Å²) in [6.07, 6.45) is 2.30. The van der Waals surface area contributed by atoms with Crippen molar-refractivity contribution in [3.8, 4) is 5.88 Å². The highest BCUT2D eigenvalue weighted by atomic mass is 35.5. The molecule has 1 atom stereocenters. The number of urea groups is 1. The van der Waals surface area contributed by atoms with E-state index in [9.17, 15) is 4.79 Å². The molecule has 2 rings (SSSR count). The van der Waals surface area contributed by atoms with Crippen molar-refractivity contribution in [1.29, 1.82) is 0 Å². The summed E-state index contributed by atoms with van der Waals surface area (Å²) >= 11 is 5.97. The molecule has 1 unspecified atom stereocenters. The van der Waals surface area contributed by atoms with Gasteiger partial charge in [0, 0.05) is 25.9 Å². The first kappa shape index (κ1) is 16.8. The number of rotatable bonds is 3. The Morgan fingerprint density at radius 3 is 3.09 bits per heavy atom. The Kier molecular flexibility index (Phi) is 5.85. The number of hydrogen-bond acceptors (Lipinski definition) is 4. The minimum atomic E-state index is -0.199. The van der Waals surface area contributed by atoms with Gasteiger partial charge in [-0.25, -0.2) is 9.78 Å². The summed E-state index contributed by atoms with van der Waals surface area (Å²) in [4.78, 5) is 18.3. The zero-order chi connectivity index (χ0) is 16.1. The fourth-order valence-corrected chi connectivity index (χ4v) is 2.36. The topological polar surface area (TPSA) is 63.7 Å². The second-order valence-corrected chi connectivity index (χ2v) is 6.02. The van der Waals surface area contributed by atoms with Gasteiger partial charge in [0.15, 0.2) is 0 Å². The third kappa shape index (κ3) is 4.74. The Morgan fingerprint density at radius 1 is 1.59 bits per heavy atom. The summed E-state index contributed by atoms with van der Waals surface area (Å²) in [7, 11) is 0. The van der Waals surface area contributed by atoms with Crippen molar-refractivity contribution in [2.75, 3.05) is 25.0 Å². The van der Waals surface area contributed by atoms with Crippen LogP contribution in [0.4, 0.5) is 10.5 Å². The minimum absolute atomic E-state index is 0.0251. The van der Waals surface area contributed by atoms with E-state index in [1.807, 2.05) is 20.8 Å². The third-order valence-electron chi connectivity index (χ3n) is 3.15. The molecule has 0 radical (unpaired) electrons. The second kappa shape index (κ2) is 7.65. The summed E-state index contributed by atoms with van der Waals surface area (Å²) < 4.78 is 11.2. The maximum Gasteiger partial charge on any atom is 0.322 e. The van der Waals surface area contributed by atoms with Crippen LogP contribution in [0.25, 0.3) is 0 Å². The lowest BCUT2D eigenvalue weighted by Crippen LogP contribution is -2.39. The molecular formula is C15H22ClN3O3. The molecule has 1 aromatic heterocycles. The van der Waals surface area contributed by atoms with Gasteiger partial charge >= 0.3 is 6.03 Å². The van der Waals surface area contributed by atoms with Crippen LogP contribution < -0.4 is 10.1 Å². The molecule has 2 heterocycles. The predicted molar refractivity (Wildman–Crippen MR) is 85.6 cm³/mol. The van der Waals surface area contributed by atoms with Gasteiger partial charge in [0.25, 0.3) is 0 Å². The van der Waals surface area contributed by atoms with Crippen molar-refractivity contribution in [1.82, 2.24) is 9.88 Å². The molecule has 0 aliphatic carbocycles. The average molecular weight is 328 g/mol. The zero-order valence-electron chi connectivity index (χ0n) is 13.1. The first-order chi connectivity index (χ1) is 10.5. The van der Waals surface area contributed by atoms with E-state index in [1.54, 1.807) is 11.0 Å². The fourth-order valence-electron chi connectivity index (χ4n) is 2.21. The first-order valence-electron chi connectivity index (χ1n) is 7.45. The van der Waals surface area contributed by atoms with Crippen molar-refractivity contribution >= 4 is 23.3 Å². The molecule has 6 nitrogen and oxygen atoms in total. The van der Waals surface area contributed by atoms with Gasteiger partial charge < -0.3 is 19.7 Å². The van der Waals surface area contributed by atoms with Gasteiger partial charge in [-0.1, -0.05) is 11.6 Å². The maximum atomic E-state index is 12.4. The van der Waals surface area contributed by atoms with E-state index in [-0.39, 0.29) is 18.2 Å². The minimum Gasteiger partial charge on any atom is -0.473 e. The third-order valence-corrected chi connectivity index (χ3v) is 3.35. The van der Waals surface area contributed by atoms with E-state index < -0.39 is 0 Å². The molecule has 1 N–H and O–H groups in total. The number of halogens is 1. The normalized spacial score (nSPS) is 19.0. The molecule has 0 bridgehead atoms. The molecule has 0 saturated carbocycles. The lowest BCUT2D eigenvalue weighted by Gasteiger charge is -2.23. The zero-order valence-corrected chi connectivity index (χ0v) is 13.9. The van der Waals surface area contributed by atoms with Crippen LogP contribution in [0, 0.1) is 0 Å². The Balaban J connectivity index is 2.11. The van der Waals surface area contributed by atoms with Gasteiger partial charge in [-0.15, -0.1) is 0 Å². The quantitative estimate of drug-likeness (QED) is 0.926. The largest absolute Gasteiger partial charge is 0.473 e. The number of hydrogen-bond donors (Lipinski definition) is 1. The summed E-state index contributed by atoms with van der Waals surface area (Å²) in [5, 5.41) is 3.28. The van der Waals surface area contributed by atoms with E-state index in [2.05, 4.69) is 10.3 Å². The number of aromatic nitrogens is 1. The Labute approximate surface area is 135 Å². The van der Waals surface area contributed by atoms with Crippen LogP contribution >= 0.6 is 11.6 Å². The van der Waals surface area contributed by atoms with Crippen LogP contribution in [0.5, 0.6) is 5.88 Å². The number of anilines is 1. The van der Waals surface area contributed by atoms with Crippen molar-refractivity contribution in [2.24, 2.45) is 0 Å². The van der Waals surface area contributed by atoms with Crippen molar-refractivity contribution < 1.29 is 14.3 Å². The summed E-state index contributed by atoms with van der Waals surface area (Å²) in [5.41, 5.74) is 0.476. The van der Waals surface area contributed by atoms with Crippen molar-refractivity contribution in [3.05, 3.63) is 17.3 Å². The van der Waals surface area contributed by atoms with Crippen LogP contribution in [-0.4, -0.2) is 47.8 Å². The molecule has 122 valence electrons. The number of pyridine rings is 1. The van der Waals surface area contributed by atoms with Gasteiger partial charge in [-0.3, -0.25) is 0 Å². The lowest BCUT2D eigenvalue weighted by molar-refractivity contribution is 0.0718. The monoisotopic (exact) mass is 327 g/mol. The number of nitrogens with one attached hydrogen (secondary N) is 1. The van der Waals surface area contributed by atoms with E-state index in [4.69, 9.17) is 21.1 Å². The highest BCUT2D eigenvalue weighted by molar-refractivity contribution is 6.30. The number of ether oxygens (including phenoxy) is 2. The molecule has 0 aromatic carbocycles. The molecule has 22 heavy (non-hydrogen) atoms. The van der Waals surface area contributed by atoms with Crippen molar-refractivity contribution in [3.63, 3.8) is 0 Å².